The Kier molecular flexibility index (Phi) is 12.4. The van der Waals surface area contributed by atoms with Crippen molar-refractivity contribution in [2.24, 2.45) is 11.8 Å². The number of rotatable bonds is 13. The van der Waals surface area contributed by atoms with Crippen LogP contribution in [0.3, 0.4) is 0 Å². The van der Waals surface area contributed by atoms with Crippen molar-refractivity contribution < 1.29 is 23.7 Å². The maximum atomic E-state index is 12.0. The molecule has 1 atom stereocenters. The third-order valence-electron chi connectivity index (χ3n) is 8.24. The van der Waals surface area contributed by atoms with E-state index in [-0.39, 0.29) is 18.9 Å². The highest BCUT2D eigenvalue weighted by Gasteiger charge is 2.27. The van der Waals surface area contributed by atoms with Crippen LogP contribution in [0.1, 0.15) is 65.7 Å². The SMILES string of the molecule is CC(C)(C)OC(=O)COC[C@H]1CC[C@H](Cn2nc(SCCOC3CCCCO3)c(-c3cccc(Cl)c3)c2-c2ccccc2)CC1. The Balaban J connectivity index is 1.29. The van der Waals surface area contributed by atoms with Crippen LogP contribution in [-0.4, -0.2) is 59.8 Å². The Morgan fingerprint density at radius 2 is 1.76 bits per heavy atom. The predicted octanol–water partition coefficient (Wildman–Crippen LogP) is 8.67. The molecule has 244 valence electrons. The first kappa shape index (κ1) is 34.0. The van der Waals surface area contributed by atoms with Gasteiger partial charge in [0, 0.05) is 35.1 Å². The van der Waals surface area contributed by atoms with Crippen LogP contribution < -0.4 is 0 Å². The zero-order valence-corrected chi connectivity index (χ0v) is 28.4. The maximum Gasteiger partial charge on any atom is 0.332 e. The number of carbonyl (C=O) groups is 1. The molecule has 1 saturated carbocycles. The Morgan fingerprint density at radius 1 is 1.00 bits per heavy atom. The Labute approximate surface area is 277 Å². The second-order valence-electron chi connectivity index (χ2n) is 13.1. The minimum atomic E-state index is -0.494. The molecule has 1 aliphatic heterocycles. The molecule has 0 radical (unpaired) electrons. The van der Waals surface area contributed by atoms with Crippen LogP contribution in [0.4, 0.5) is 0 Å². The molecule has 0 bridgehead atoms. The molecule has 1 saturated heterocycles. The van der Waals surface area contributed by atoms with Gasteiger partial charge in [-0.2, -0.15) is 5.10 Å². The van der Waals surface area contributed by atoms with E-state index in [0.717, 1.165) is 91.3 Å². The van der Waals surface area contributed by atoms with Gasteiger partial charge in [0.05, 0.1) is 18.9 Å². The first-order valence-corrected chi connectivity index (χ1v) is 17.7. The van der Waals surface area contributed by atoms with Crippen molar-refractivity contribution in [1.29, 1.82) is 0 Å². The minimum Gasteiger partial charge on any atom is -0.458 e. The van der Waals surface area contributed by atoms with Crippen LogP contribution in [0, 0.1) is 11.8 Å². The lowest BCUT2D eigenvalue weighted by Crippen LogP contribution is -2.28. The highest BCUT2D eigenvalue weighted by Crippen LogP contribution is 2.41. The number of halogens is 1. The number of ether oxygens (including phenoxy) is 4. The fourth-order valence-electron chi connectivity index (χ4n) is 6.13. The van der Waals surface area contributed by atoms with Gasteiger partial charge in [-0.3, -0.25) is 4.68 Å². The van der Waals surface area contributed by atoms with Gasteiger partial charge in [-0.15, -0.1) is 11.8 Å². The first-order chi connectivity index (χ1) is 21.7. The molecule has 1 aromatic heterocycles. The lowest BCUT2D eigenvalue weighted by atomic mass is 9.82. The fourth-order valence-corrected chi connectivity index (χ4v) is 7.21. The predicted molar refractivity (Wildman–Crippen MR) is 180 cm³/mol. The molecule has 2 aliphatic rings. The average Bonchev–Trinajstić information content (AvgIpc) is 3.38. The van der Waals surface area contributed by atoms with Gasteiger partial charge in [0.1, 0.15) is 17.2 Å². The van der Waals surface area contributed by atoms with Crippen molar-refractivity contribution in [3.8, 4) is 22.4 Å². The van der Waals surface area contributed by atoms with Crippen LogP contribution in [-0.2, 0) is 30.3 Å². The third-order valence-corrected chi connectivity index (χ3v) is 9.40. The molecule has 3 aromatic rings. The van der Waals surface area contributed by atoms with E-state index in [1.807, 2.05) is 39.0 Å². The summed E-state index contributed by atoms with van der Waals surface area (Å²) in [7, 11) is 0. The summed E-state index contributed by atoms with van der Waals surface area (Å²) in [6, 6.07) is 18.6. The summed E-state index contributed by atoms with van der Waals surface area (Å²) in [6.45, 7) is 8.45. The summed E-state index contributed by atoms with van der Waals surface area (Å²) >= 11 is 8.25. The molecule has 2 heterocycles. The average molecular weight is 655 g/mol. The fraction of sp³-hybridized carbons (Fsp3) is 0.556. The Hall–Kier alpha value is -2.36. The van der Waals surface area contributed by atoms with Crippen molar-refractivity contribution in [1.82, 2.24) is 9.78 Å². The summed E-state index contributed by atoms with van der Waals surface area (Å²) in [5, 5.41) is 6.96. The molecule has 45 heavy (non-hydrogen) atoms. The van der Waals surface area contributed by atoms with Gasteiger partial charge in [-0.1, -0.05) is 54.1 Å². The molecule has 7 nitrogen and oxygen atoms in total. The molecule has 9 heteroatoms. The van der Waals surface area contributed by atoms with E-state index in [4.69, 9.17) is 35.6 Å². The first-order valence-electron chi connectivity index (χ1n) is 16.3. The van der Waals surface area contributed by atoms with E-state index in [1.54, 1.807) is 11.8 Å². The molecule has 0 spiro atoms. The zero-order valence-electron chi connectivity index (χ0n) is 26.8. The van der Waals surface area contributed by atoms with E-state index in [1.165, 1.54) is 0 Å². The molecule has 2 aromatic carbocycles. The highest BCUT2D eigenvalue weighted by atomic mass is 35.5. The minimum absolute atomic E-state index is 0.0103. The summed E-state index contributed by atoms with van der Waals surface area (Å²) < 4.78 is 25.2. The van der Waals surface area contributed by atoms with Crippen molar-refractivity contribution in [3.05, 3.63) is 59.6 Å². The van der Waals surface area contributed by atoms with E-state index in [0.29, 0.717) is 30.1 Å². The molecule has 0 amide bonds. The Morgan fingerprint density at radius 3 is 2.47 bits per heavy atom. The normalized spacial score (nSPS) is 20.7. The van der Waals surface area contributed by atoms with Crippen LogP contribution in [0.2, 0.25) is 5.02 Å². The number of thioether (sulfide) groups is 1. The molecule has 1 aliphatic carbocycles. The number of esters is 1. The standard InChI is InChI=1S/C36H47ClN2O5S/c1-36(2,3)44-31(40)25-41-24-27-17-15-26(16-18-27)23-39-34(28-10-5-4-6-11-28)33(29-12-9-13-30(37)22-29)35(38-39)45-21-20-43-32-14-7-8-19-42-32/h4-6,9-13,22,26-27,32H,7-8,14-21,23-25H2,1-3H3/t26-,27-,32?. The van der Waals surface area contributed by atoms with Crippen molar-refractivity contribution in [3.63, 3.8) is 0 Å². The molecule has 1 unspecified atom stereocenters. The van der Waals surface area contributed by atoms with Gasteiger partial charge in [-0.25, -0.2) is 4.79 Å². The molecule has 2 fully saturated rings. The second-order valence-corrected chi connectivity index (χ2v) is 14.6. The van der Waals surface area contributed by atoms with Crippen LogP contribution in [0.15, 0.2) is 59.6 Å². The van der Waals surface area contributed by atoms with Gasteiger partial charge >= 0.3 is 5.97 Å². The number of carbonyl (C=O) groups excluding carboxylic acids is 1. The summed E-state index contributed by atoms with van der Waals surface area (Å²) in [4.78, 5) is 12.0. The highest BCUT2D eigenvalue weighted by molar-refractivity contribution is 7.99. The quantitative estimate of drug-likeness (QED) is 0.104. The van der Waals surface area contributed by atoms with Crippen LogP contribution >= 0.6 is 23.4 Å². The summed E-state index contributed by atoms with van der Waals surface area (Å²) in [5.74, 6) is 1.44. The topological polar surface area (TPSA) is 71.8 Å². The largest absolute Gasteiger partial charge is 0.458 e. The smallest absolute Gasteiger partial charge is 0.332 e. The van der Waals surface area contributed by atoms with Crippen molar-refractivity contribution in [2.75, 3.05) is 32.2 Å². The number of nitrogens with zero attached hydrogens (tertiary/aromatic N) is 2. The van der Waals surface area contributed by atoms with Gasteiger partial charge < -0.3 is 18.9 Å². The number of hydrogen-bond donors (Lipinski definition) is 0. The number of aromatic nitrogens is 2. The van der Waals surface area contributed by atoms with Gasteiger partial charge in [0.2, 0.25) is 0 Å². The number of hydrogen-bond acceptors (Lipinski definition) is 7. The van der Waals surface area contributed by atoms with E-state index in [9.17, 15) is 4.79 Å². The van der Waals surface area contributed by atoms with E-state index >= 15 is 0 Å². The molecular formula is C36H47ClN2O5S. The van der Waals surface area contributed by atoms with Crippen LogP contribution in [0.5, 0.6) is 0 Å². The molecule has 0 N–H and O–H groups in total. The Bertz CT molecular complexity index is 1360. The van der Waals surface area contributed by atoms with Gasteiger partial charge in [0.15, 0.2) is 6.29 Å². The van der Waals surface area contributed by atoms with Crippen molar-refractivity contribution in [2.45, 2.75) is 89.2 Å². The lowest BCUT2D eigenvalue weighted by Gasteiger charge is -2.29. The maximum absolute atomic E-state index is 12.0. The number of benzene rings is 2. The lowest BCUT2D eigenvalue weighted by molar-refractivity contribution is -0.160. The van der Waals surface area contributed by atoms with E-state index in [2.05, 4.69) is 41.1 Å². The molecule has 5 rings (SSSR count). The summed E-state index contributed by atoms with van der Waals surface area (Å²) in [6.07, 6.45) is 7.47. The zero-order chi connectivity index (χ0) is 31.6. The monoisotopic (exact) mass is 654 g/mol. The second kappa shape index (κ2) is 16.5. The summed E-state index contributed by atoms with van der Waals surface area (Å²) in [5.41, 5.74) is 3.96. The molecular weight excluding hydrogens is 608 g/mol. The van der Waals surface area contributed by atoms with Crippen molar-refractivity contribution >= 4 is 29.3 Å². The van der Waals surface area contributed by atoms with Crippen LogP contribution in [0.25, 0.3) is 22.4 Å². The van der Waals surface area contributed by atoms with Gasteiger partial charge in [0.25, 0.3) is 0 Å². The van der Waals surface area contributed by atoms with Gasteiger partial charge in [-0.05, 0) is 95.2 Å². The third kappa shape index (κ3) is 10.3. The van der Waals surface area contributed by atoms with E-state index < -0.39 is 5.60 Å².